The summed E-state index contributed by atoms with van der Waals surface area (Å²) in [6.07, 6.45) is 3.07. The summed E-state index contributed by atoms with van der Waals surface area (Å²) < 4.78 is 22.4. The average Bonchev–Trinajstić information content (AvgIpc) is 2.47. The fourth-order valence-corrected chi connectivity index (χ4v) is 2.17. The zero-order valence-corrected chi connectivity index (χ0v) is 10.2. The molecule has 1 aromatic rings. The summed E-state index contributed by atoms with van der Waals surface area (Å²) in [5, 5.41) is 0. The first kappa shape index (κ1) is 11.9. The lowest BCUT2D eigenvalue weighted by Gasteiger charge is -2.38. The molecule has 18 heavy (non-hydrogen) atoms. The molecule has 4 nitrogen and oxygen atoms in total. The second kappa shape index (κ2) is 5.20. The van der Waals surface area contributed by atoms with Crippen LogP contribution in [0.15, 0.2) is 42.5 Å². The molecular weight excluding hydrogens is 232 g/mol. The number of hydrogen-bond acceptors (Lipinski definition) is 4. The Morgan fingerprint density at radius 2 is 1.94 bits per heavy atom. The molecule has 0 radical (unpaired) electrons. The van der Waals surface area contributed by atoms with Crippen molar-refractivity contribution in [2.75, 3.05) is 13.7 Å². The maximum atomic E-state index is 5.88. The first-order chi connectivity index (χ1) is 8.86. The molecule has 96 valence electrons. The van der Waals surface area contributed by atoms with Crippen molar-refractivity contribution in [2.45, 2.75) is 24.8 Å². The second-order valence-electron chi connectivity index (χ2n) is 4.34. The summed E-state index contributed by atoms with van der Waals surface area (Å²) in [4.78, 5) is 0. The Morgan fingerprint density at radius 1 is 1.11 bits per heavy atom. The number of rotatable bonds is 2. The van der Waals surface area contributed by atoms with Crippen LogP contribution in [0.5, 0.6) is 0 Å². The Bertz CT molecular complexity index is 417. The lowest BCUT2D eigenvalue weighted by molar-refractivity contribution is -0.280. The molecule has 2 heterocycles. The van der Waals surface area contributed by atoms with Crippen LogP contribution in [0.25, 0.3) is 0 Å². The number of ether oxygens (including phenoxy) is 4. The van der Waals surface area contributed by atoms with E-state index in [-0.39, 0.29) is 24.8 Å². The van der Waals surface area contributed by atoms with Gasteiger partial charge in [-0.25, -0.2) is 0 Å². The van der Waals surface area contributed by atoms with Crippen molar-refractivity contribution in [3.8, 4) is 0 Å². The monoisotopic (exact) mass is 248 g/mol. The van der Waals surface area contributed by atoms with Crippen LogP contribution in [0.1, 0.15) is 11.9 Å². The van der Waals surface area contributed by atoms with Crippen molar-refractivity contribution in [2.24, 2.45) is 0 Å². The van der Waals surface area contributed by atoms with Gasteiger partial charge in [-0.05, 0) is 6.08 Å². The summed E-state index contributed by atoms with van der Waals surface area (Å²) in [6.45, 7) is 0.508. The van der Waals surface area contributed by atoms with Crippen molar-refractivity contribution < 1.29 is 18.9 Å². The van der Waals surface area contributed by atoms with Crippen molar-refractivity contribution >= 4 is 0 Å². The number of methoxy groups -OCH3 is 1. The molecule has 0 bridgehead atoms. The van der Waals surface area contributed by atoms with Gasteiger partial charge in [0.05, 0.1) is 6.61 Å². The van der Waals surface area contributed by atoms with Gasteiger partial charge in [-0.15, -0.1) is 0 Å². The molecule has 0 amide bonds. The van der Waals surface area contributed by atoms with E-state index in [1.54, 1.807) is 7.11 Å². The van der Waals surface area contributed by atoms with E-state index in [9.17, 15) is 0 Å². The predicted octanol–water partition coefficient (Wildman–Crippen LogP) is 2.03. The van der Waals surface area contributed by atoms with Crippen molar-refractivity contribution in [3.05, 3.63) is 48.0 Å². The zero-order valence-electron chi connectivity index (χ0n) is 10.2. The number of fused-ring (bicyclic) bond motifs is 1. The largest absolute Gasteiger partial charge is 0.352 e. The van der Waals surface area contributed by atoms with Crippen LogP contribution in [-0.2, 0) is 18.9 Å². The molecule has 3 rings (SSSR count). The molecule has 0 spiro atoms. The maximum absolute atomic E-state index is 5.88. The SMILES string of the molecule is CO[C@@H]1C=C[C@@H]2O[C@H](c3ccccc3)OC[C@H]2O1. The highest BCUT2D eigenvalue weighted by atomic mass is 16.7. The highest BCUT2D eigenvalue weighted by Crippen LogP contribution is 2.30. The van der Waals surface area contributed by atoms with Crippen LogP contribution >= 0.6 is 0 Å². The van der Waals surface area contributed by atoms with Gasteiger partial charge < -0.3 is 18.9 Å². The van der Waals surface area contributed by atoms with Gasteiger partial charge in [0, 0.05) is 12.7 Å². The van der Waals surface area contributed by atoms with Gasteiger partial charge in [0.1, 0.15) is 12.2 Å². The molecule has 0 N–H and O–H groups in total. The van der Waals surface area contributed by atoms with E-state index in [2.05, 4.69) is 0 Å². The van der Waals surface area contributed by atoms with Crippen LogP contribution < -0.4 is 0 Å². The van der Waals surface area contributed by atoms with Gasteiger partial charge in [-0.3, -0.25) is 0 Å². The smallest absolute Gasteiger partial charge is 0.184 e. The standard InChI is InChI=1S/C14H16O4/c1-15-13-8-7-11-12(17-13)9-16-14(18-11)10-5-3-2-4-6-10/h2-8,11-14H,9H2,1H3/t11-,12+,13-,14+/m0/s1. The lowest BCUT2D eigenvalue weighted by Crippen LogP contribution is -2.45. The van der Waals surface area contributed by atoms with E-state index < -0.39 is 0 Å². The van der Waals surface area contributed by atoms with E-state index in [0.29, 0.717) is 6.61 Å². The average molecular weight is 248 g/mol. The Hall–Kier alpha value is -1.20. The Morgan fingerprint density at radius 3 is 2.72 bits per heavy atom. The summed E-state index contributed by atoms with van der Waals surface area (Å²) in [7, 11) is 1.62. The summed E-state index contributed by atoms with van der Waals surface area (Å²) in [5.41, 5.74) is 1.03. The molecule has 1 aromatic carbocycles. The minimum Gasteiger partial charge on any atom is -0.352 e. The van der Waals surface area contributed by atoms with Crippen LogP contribution in [0.2, 0.25) is 0 Å². The van der Waals surface area contributed by atoms with Crippen LogP contribution in [0.4, 0.5) is 0 Å². The topological polar surface area (TPSA) is 36.9 Å². The first-order valence-corrected chi connectivity index (χ1v) is 6.05. The third kappa shape index (κ3) is 2.33. The fraction of sp³-hybridized carbons (Fsp3) is 0.429. The first-order valence-electron chi connectivity index (χ1n) is 6.05. The van der Waals surface area contributed by atoms with Gasteiger partial charge in [0.2, 0.25) is 0 Å². The van der Waals surface area contributed by atoms with Crippen LogP contribution in [-0.4, -0.2) is 32.2 Å². The lowest BCUT2D eigenvalue weighted by atomic mass is 10.1. The minimum atomic E-state index is -0.320. The van der Waals surface area contributed by atoms with Crippen molar-refractivity contribution in [3.63, 3.8) is 0 Å². The third-order valence-electron chi connectivity index (χ3n) is 3.13. The van der Waals surface area contributed by atoms with Gasteiger partial charge in [-0.1, -0.05) is 36.4 Å². The van der Waals surface area contributed by atoms with E-state index >= 15 is 0 Å². The molecular formula is C14H16O4. The molecule has 4 atom stereocenters. The highest BCUT2D eigenvalue weighted by molar-refractivity contribution is 5.17. The summed E-state index contributed by atoms with van der Waals surface area (Å²) in [6, 6.07) is 9.92. The maximum Gasteiger partial charge on any atom is 0.184 e. The second-order valence-corrected chi connectivity index (χ2v) is 4.34. The molecule has 2 aliphatic heterocycles. The summed E-state index contributed by atoms with van der Waals surface area (Å²) in [5.74, 6) is 0. The van der Waals surface area contributed by atoms with Gasteiger partial charge >= 0.3 is 0 Å². The van der Waals surface area contributed by atoms with Crippen molar-refractivity contribution in [1.29, 1.82) is 0 Å². The molecule has 0 aromatic heterocycles. The quantitative estimate of drug-likeness (QED) is 0.750. The molecule has 4 heteroatoms. The fourth-order valence-electron chi connectivity index (χ4n) is 2.17. The van der Waals surface area contributed by atoms with Gasteiger partial charge in [-0.2, -0.15) is 0 Å². The molecule has 1 fully saturated rings. The molecule has 2 aliphatic rings. The van der Waals surface area contributed by atoms with Crippen LogP contribution in [0.3, 0.4) is 0 Å². The van der Waals surface area contributed by atoms with E-state index in [1.165, 1.54) is 0 Å². The molecule has 0 saturated carbocycles. The Kier molecular flexibility index (Phi) is 3.43. The minimum absolute atomic E-state index is 0.0737. The normalized spacial score (nSPS) is 35.2. The van der Waals surface area contributed by atoms with Gasteiger partial charge in [0.25, 0.3) is 0 Å². The highest BCUT2D eigenvalue weighted by Gasteiger charge is 2.35. The molecule has 0 unspecified atom stereocenters. The van der Waals surface area contributed by atoms with E-state index in [1.807, 2.05) is 42.5 Å². The zero-order chi connectivity index (χ0) is 12.4. The predicted molar refractivity (Wildman–Crippen MR) is 64.8 cm³/mol. The third-order valence-corrected chi connectivity index (χ3v) is 3.13. The van der Waals surface area contributed by atoms with Crippen LogP contribution in [0, 0.1) is 0 Å². The van der Waals surface area contributed by atoms with E-state index in [4.69, 9.17) is 18.9 Å². The van der Waals surface area contributed by atoms with Crippen molar-refractivity contribution in [1.82, 2.24) is 0 Å². The Labute approximate surface area is 106 Å². The van der Waals surface area contributed by atoms with Gasteiger partial charge in [0.15, 0.2) is 12.6 Å². The summed E-state index contributed by atoms with van der Waals surface area (Å²) >= 11 is 0. The number of benzene rings is 1. The molecule has 1 saturated heterocycles. The Balaban J connectivity index is 1.71. The molecule has 0 aliphatic carbocycles. The van der Waals surface area contributed by atoms with E-state index in [0.717, 1.165) is 5.56 Å². The number of hydrogen-bond donors (Lipinski definition) is 0.